The standard InChI is InChI=1S/C52H31N3O/c1-2-15-33-30-45(44(29-32(33)14-1)40-23-11-22-39-37-18-6-5-17-35(37)36-19-7-8-20-38(36)48(39)40)53-52-54-50-34-16-4-3-13-31(34)27-28-43(50)51(55-52)42-24-12-26-47-49(42)41-21-9-10-25-46(41)56-47/h1-30H,(H,53,54,55). The van der Waals surface area contributed by atoms with Crippen molar-refractivity contribution in [2.24, 2.45) is 0 Å². The molecule has 0 atom stereocenters. The van der Waals surface area contributed by atoms with Crippen LogP contribution < -0.4 is 5.32 Å². The number of para-hydroxylation sites is 1. The van der Waals surface area contributed by atoms with Crippen molar-refractivity contribution in [2.45, 2.75) is 0 Å². The quantitative estimate of drug-likeness (QED) is 0.185. The Morgan fingerprint density at radius 2 is 0.929 bits per heavy atom. The molecule has 0 unspecified atom stereocenters. The molecule has 2 aromatic heterocycles. The second-order valence-corrected chi connectivity index (χ2v) is 14.5. The lowest BCUT2D eigenvalue weighted by molar-refractivity contribution is 0.669. The predicted molar refractivity (Wildman–Crippen MR) is 235 cm³/mol. The smallest absolute Gasteiger partial charge is 0.228 e. The maximum absolute atomic E-state index is 6.36. The summed E-state index contributed by atoms with van der Waals surface area (Å²) in [5.41, 5.74) is 7.61. The Kier molecular flexibility index (Phi) is 6.60. The topological polar surface area (TPSA) is 51.0 Å². The molecular formula is C52H31N3O. The van der Waals surface area contributed by atoms with Gasteiger partial charge in [0.05, 0.1) is 11.2 Å². The average molecular weight is 714 g/mol. The van der Waals surface area contributed by atoms with E-state index in [9.17, 15) is 0 Å². The summed E-state index contributed by atoms with van der Waals surface area (Å²) in [6.45, 7) is 0. The highest BCUT2D eigenvalue weighted by Gasteiger charge is 2.20. The van der Waals surface area contributed by atoms with E-state index in [0.29, 0.717) is 5.95 Å². The summed E-state index contributed by atoms with van der Waals surface area (Å²) in [7, 11) is 0. The molecule has 4 heteroatoms. The van der Waals surface area contributed by atoms with Crippen LogP contribution in [0.25, 0.3) is 109 Å². The lowest BCUT2D eigenvalue weighted by Crippen LogP contribution is -2.02. The van der Waals surface area contributed by atoms with E-state index in [4.69, 9.17) is 14.4 Å². The molecule has 0 radical (unpaired) electrons. The molecule has 0 amide bonds. The van der Waals surface area contributed by atoms with Crippen molar-refractivity contribution in [3.8, 4) is 22.4 Å². The first-order valence-electron chi connectivity index (χ1n) is 19.0. The zero-order valence-corrected chi connectivity index (χ0v) is 30.1. The highest BCUT2D eigenvalue weighted by molar-refractivity contribution is 6.29. The van der Waals surface area contributed by atoms with Crippen LogP contribution in [0.1, 0.15) is 0 Å². The maximum Gasteiger partial charge on any atom is 0.228 e. The predicted octanol–water partition coefficient (Wildman–Crippen LogP) is 14.4. The van der Waals surface area contributed by atoms with Gasteiger partial charge in [0.1, 0.15) is 11.2 Å². The largest absolute Gasteiger partial charge is 0.456 e. The van der Waals surface area contributed by atoms with Gasteiger partial charge in [0.25, 0.3) is 0 Å². The van der Waals surface area contributed by atoms with Crippen LogP contribution in [0.5, 0.6) is 0 Å². The lowest BCUT2D eigenvalue weighted by Gasteiger charge is -2.18. The van der Waals surface area contributed by atoms with E-state index in [1.807, 2.05) is 18.2 Å². The van der Waals surface area contributed by atoms with Crippen molar-refractivity contribution in [3.05, 3.63) is 182 Å². The molecule has 0 bridgehead atoms. The number of aromatic nitrogens is 2. The van der Waals surface area contributed by atoms with Gasteiger partial charge in [-0.2, -0.15) is 0 Å². The Morgan fingerprint density at radius 1 is 0.357 bits per heavy atom. The SMILES string of the molecule is c1ccc2cc(-c3cccc4c5ccccc5c5ccccc5c34)c(Nc3nc(-c4cccc5oc6ccccc6c45)c4ccc5ccccc5c4n3)cc2c1. The van der Waals surface area contributed by atoms with Gasteiger partial charge in [-0.1, -0.05) is 152 Å². The van der Waals surface area contributed by atoms with Gasteiger partial charge in [-0.25, -0.2) is 9.97 Å². The molecule has 0 aliphatic carbocycles. The molecule has 4 nitrogen and oxygen atoms in total. The second-order valence-electron chi connectivity index (χ2n) is 14.5. The number of hydrogen-bond acceptors (Lipinski definition) is 4. The van der Waals surface area contributed by atoms with Crippen molar-refractivity contribution in [3.63, 3.8) is 0 Å². The zero-order chi connectivity index (χ0) is 36.7. The molecule has 10 aromatic carbocycles. The molecule has 56 heavy (non-hydrogen) atoms. The fraction of sp³-hybridized carbons (Fsp3) is 0. The van der Waals surface area contributed by atoms with Crippen LogP contribution >= 0.6 is 0 Å². The fourth-order valence-corrected chi connectivity index (χ4v) is 8.96. The molecule has 12 aromatic rings. The van der Waals surface area contributed by atoms with Crippen molar-refractivity contribution in [1.82, 2.24) is 9.97 Å². The number of fused-ring (bicyclic) bond motifs is 13. The van der Waals surface area contributed by atoms with Crippen molar-refractivity contribution in [2.75, 3.05) is 5.32 Å². The second kappa shape index (κ2) is 12.0. The molecule has 0 saturated carbocycles. The first kappa shape index (κ1) is 30.9. The number of nitrogens with one attached hydrogen (secondary N) is 1. The van der Waals surface area contributed by atoms with Crippen molar-refractivity contribution >= 4 is 98.3 Å². The minimum atomic E-state index is 0.528. The Labute approximate surface area is 321 Å². The van der Waals surface area contributed by atoms with Crippen LogP contribution in [0.4, 0.5) is 11.6 Å². The molecule has 0 fully saturated rings. The van der Waals surface area contributed by atoms with Gasteiger partial charge in [-0.3, -0.25) is 0 Å². The van der Waals surface area contributed by atoms with E-state index < -0.39 is 0 Å². The number of hydrogen-bond donors (Lipinski definition) is 1. The van der Waals surface area contributed by atoms with E-state index in [0.717, 1.165) is 77.1 Å². The number of furan rings is 1. The summed E-state index contributed by atoms with van der Waals surface area (Å²) < 4.78 is 6.36. The third-order valence-electron chi connectivity index (χ3n) is 11.4. The summed E-state index contributed by atoms with van der Waals surface area (Å²) in [5, 5.41) is 18.8. The van der Waals surface area contributed by atoms with Gasteiger partial charge in [-0.15, -0.1) is 0 Å². The van der Waals surface area contributed by atoms with Crippen molar-refractivity contribution in [1.29, 1.82) is 0 Å². The fourth-order valence-electron chi connectivity index (χ4n) is 8.96. The van der Waals surface area contributed by atoms with Crippen LogP contribution in [-0.4, -0.2) is 9.97 Å². The van der Waals surface area contributed by atoms with Gasteiger partial charge in [0.2, 0.25) is 5.95 Å². The minimum absolute atomic E-state index is 0.528. The molecule has 260 valence electrons. The van der Waals surface area contributed by atoms with Gasteiger partial charge < -0.3 is 9.73 Å². The molecule has 12 rings (SSSR count). The molecule has 2 heterocycles. The van der Waals surface area contributed by atoms with Crippen LogP contribution in [0.2, 0.25) is 0 Å². The summed E-state index contributed by atoms with van der Waals surface area (Å²) in [5.74, 6) is 0.528. The Balaban J connectivity index is 1.15. The molecule has 0 saturated heterocycles. The highest BCUT2D eigenvalue weighted by atomic mass is 16.3. The van der Waals surface area contributed by atoms with Crippen LogP contribution in [-0.2, 0) is 0 Å². The zero-order valence-electron chi connectivity index (χ0n) is 30.1. The first-order valence-corrected chi connectivity index (χ1v) is 19.0. The Morgan fingerprint density at radius 3 is 1.71 bits per heavy atom. The number of rotatable bonds is 4. The molecule has 0 aliphatic heterocycles. The van der Waals surface area contributed by atoms with E-state index >= 15 is 0 Å². The molecular weight excluding hydrogens is 683 g/mol. The van der Waals surface area contributed by atoms with Crippen LogP contribution in [0, 0.1) is 0 Å². The van der Waals surface area contributed by atoms with E-state index in [-0.39, 0.29) is 0 Å². The van der Waals surface area contributed by atoms with Crippen molar-refractivity contribution < 1.29 is 4.42 Å². The minimum Gasteiger partial charge on any atom is -0.456 e. The third-order valence-corrected chi connectivity index (χ3v) is 11.4. The van der Waals surface area contributed by atoms with Crippen LogP contribution in [0.3, 0.4) is 0 Å². The monoisotopic (exact) mass is 713 g/mol. The number of nitrogens with zero attached hydrogens (tertiary/aromatic N) is 2. The molecule has 1 N–H and O–H groups in total. The van der Waals surface area contributed by atoms with Crippen LogP contribution in [0.15, 0.2) is 186 Å². The van der Waals surface area contributed by atoms with E-state index in [1.54, 1.807) is 0 Å². The van der Waals surface area contributed by atoms with Gasteiger partial charge >= 0.3 is 0 Å². The van der Waals surface area contributed by atoms with Gasteiger partial charge in [0, 0.05) is 38.4 Å². The molecule has 0 spiro atoms. The lowest BCUT2D eigenvalue weighted by atomic mass is 9.88. The first-order chi connectivity index (χ1) is 27.8. The number of anilines is 2. The van der Waals surface area contributed by atoms with E-state index in [1.165, 1.54) is 37.7 Å². The average Bonchev–Trinajstić information content (AvgIpc) is 3.65. The van der Waals surface area contributed by atoms with E-state index in [2.05, 4.69) is 169 Å². The Hall–Kier alpha value is -7.56. The molecule has 0 aliphatic rings. The third kappa shape index (κ3) is 4.60. The maximum atomic E-state index is 6.36. The summed E-state index contributed by atoms with van der Waals surface area (Å²) in [4.78, 5) is 10.8. The summed E-state index contributed by atoms with van der Waals surface area (Å²) in [6, 6.07) is 64.6. The van der Waals surface area contributed by atoms with Gasteiger partial charge in [-0.05, 0) is 84.4 Å². The van der Waals surface area contributed by atoms with Gasteiger partial charge in [0.15, 0.2) is 0 Å². The summed E-state index contributed by atoms with van der Waals surface area (Å²) >= 11 is 0. The number of benzene rings is 10. The summed E-state index contributed by atoms with van der Waals surface area (Å²) in [6.07, 6.45) is 0. The normalized spacial score (nSPS) is 11.9. The Bertz CT molecular complexity index is 3540. The highest BCUT2D eigenvalue weighted by Crippen LogP contribution is 2.45.